The van der Waals surface area contributed by atoms with E-state index < -0.39 is 59.4 Å². The number of rotatable bonds is 28. The van der Waals surface area contributed by atoms with Crippen molar-refractivity contribution in [1.29, 1.82) is 0 Å². The minimum absolute atomic E-state index is 0.158. The van der Waals surface area contributed by atoms with Gasteiger partial charge in [0.25, 0.3) is 0 Å². The average Bonchev–Trinajstić information content (AvgIpc) is 0.716. The molecule has 2 aliphatic carbocycles. The monoisotopic (exact) mass is 1420 g/mol. The van der Waals surface area contributed by atoms with Crippen molar-refractivity contribution in [2.24, 2.45) is 0 Å². The molecule has 556 valence electrons. The van der Waals surface area contributed by atoms with Gasteiger partial charge in [0.15, 0.2) is 5.66 Å². The van der Waals surface area contributed by atoms with Crippen molar-refractivity contribution in [3.05, 3.63) is 144 Å². The molecule has 8 N–H and O–H groups in total. The van der Waals surface area contributed by atoms with Gasteiger partial charge < -0.3 is 81.9 Å². The van der Waals surface area contributed by atoms with Gasteiger partial charge in [0, 0.05) is 80.6 Å². The molecule has 14 rings (SSSR count). The number of esters is 3. The molecular weight excluding hydrogens is 1320 g/mol. The fourth-order valence-electron chi connectivity index (χ4n) is 16.3. The largest absolute Gasteiger partial charge is 0.851 e. The Bertz CT molecular complexity index is 4430. The van der Waals surface area contributed by atoms with E-state index in [1.807, 2.05) is 97.1 Å². The van der Waals surface area contributed by atoms with Crippen LogP contribution in [0.4, 0.5) is 45.5 Å². The van der Waals surface area contributed by atoms with Crippen LogP contribution >= 0.6 is 0 Å². The number of hydrogen-bond acceptors (Lipinski definition) is 19. The van der Waals surface area contributed by atoms with Crippen LogP contribution in [0.3, 0.4) is 0 Å². The summed E-state index contributed by atoms with van der Waals surface area (Å²) in [5, 5.41) is 94.4. The minimum Gasteiger partial charge on any atom is -0.851 e. The summed E-state index contributed by atoms with van der Waals surface area (Å²) in [6, 6.07) is 39.7. The van der Waals surface area contributed by atoms with E-state index in [4.69, 9.17) is 18.9 Å². The predicted molar refractivity (Wildman–Crippen MR) is 412 cm³/mol. The molecule has 0 spiro atoms. The van der Waals surface area contributed by atoms with E-state index in [1.54, 1.807) is 0 Å². The number of ether oxygens (including phenoxy) is 4. The van der Waals surface area contributed by atoms with Crippen LogP contribution in [0.5, 0.6) is 0 Å². The molecule has 8 aromatic rings. The van der Waals surface area contributed by atoms with Gasteiger partial charge in [0.2, 0.25) is 5.66 Å². The molecule has 19 heteroatoms. The van der Waals surface area contributed by atoms with Crippen molar-refractivity contribution in [3.63, 3.8) is 0 Å². The summed E-state index contributed by atoms with van der Waals surface area (Å²) in [4.78, 5) is 39.1. The highest BCUT2D eigenvalue weighted by Crippen LogP contribution is 2.57. The van der Waals surface area contributed by atoms with Gasteiger partial charge in [-0.3, -0.25) is 14.4 Å². The van der Waals surface area contributed by atoms with Gasteiger partial charge in [0.05, 0.1) is 5.69 Å². The Morgan fingerprint density at radius 2 is 0.714 bits per heavy atom. The fraction of sp³-hybridized carbons (Fsp3) is 0.477. The van der Waals surface area contributed by atoms with Gasteiger partial charge in [-0.05, 0) is 150 Å². The highest BCUT2D eigenvalue weighted by molar-refractivity contribution is 6.10. The van der Waals surface area contributed by atoms with Crippen LogP contribution in [0.25, 0.3) is 43.1 Å². The minimum atomic E-state index is -1.36. The Morgan fingerprint density at radius 1 is 0.381 bits per heavy atom. The molecule has 105 heavy (non-hydrogen) atoms. The van der Waals surface area contributed by atoms with Crippen LogP contribution in [0.2, 0.25) is 0 Å². The molecule has 0 saturated heterocycles. The van der Waals surface area contributed by atoms with Crippen LogP contribution in [0.1, 0.15) is 210 Å². The molecule has 0 bridgehead atoms. The summed E-state index contributed by atoms with van der Waals surface area (Å²) in [6.07, 6.45) is 11.2. The highest BCUT2D eigenvalue weighted by atomic mass is 16.6. The molecule has 0 amide bonds. The first-order valence-electron chi connectivity index (χ1n) is 38.5. The summed E-state index contributed by atoms with van der Waals surface area (Å²) in [7, 11) is 0. The third-order valence-corrected chi connectivity index (χ3v) is 22.6. The fourth-order valence-corrected chi connectivity index (χ4v) is 16.3. The lowest BCUT2D eigenvalue weighted by Crippen LogP contribution is -2.64. The van der Waals surface area contributed by atoms with E-state index in [1.165, 1.54) is 0 Å². The van der Waals surface area contributed by atoms with Gasteiger partial charge in [0.1, 0.15) is 43.9 Å². The Labute approximate surface area is 617 Å². The Balaban J connectivity index is 0.000000215. The third kappa shape index (κ3) is 14.8. The Hall–Kier alpha value is -9.19. The third-order valence-electron chi connectivity index (χ3n) is 22.6. The second kappa shape index (κ2) is 31.5. The number of nitrogens with one attached hydrogen (secondary N) is 8. The maximum absolute atomic E-state index is 15.0. The lowest BCUT2D eigenvalue weighted by Gasteiger charge is -2.62. The van der Waals surface area contributed by atoms with E-state index in [-0.39, 0.29) is 68.3 Å². The van der Waals surface area contributed by atoms with Crippen LogP contribution in [-0.4, -0.2) is 91.4 Å². The molecule has 6 aliphatic rings. The second-order valence-corrected chi connectivity index (χ2v) is 30.2. The summed E-state index contributed by atoms with van der Waals surface area (Å²) < 4.78 is 23.4. The molecule has 5 unspecified atom stereocenters. The van der Waals surface area contributed by atoms with E-state index in [2.05, 4.69) is 134 Å². The molecule has 0 aromatic heterocycles. The number of unbranched alkanes of at least 4 members (excludes halogenated alkanes) is 8. The van der Waals surface area contributed by atoms with Crippen molar-refractivity contribution < 1.29 is 53.8 Å². The van der Waals surface area contributed by atoms with Crippen molar-refractivity contribution in [2.45, 2.75) is 235 Å². The molecule has 4 aliphatic heterocycles. The van der Waals surface area contributed by atoms with Crippen LogP contribution in [-0.2, 0) is 33.3 Å². The molecule has 5 atom stereocenters. The van der Waals surface area contributed by atoms with Gasteiger partial charge in [-0.2, -0.15) is 0 Å². The van der Waals surface area contributed by atoms with E-state index in [0.29, 0.717) is 59.7 Å². The van der Waals surface area contributed by atoms with Crippen LogP contribution in [0, 0.1) is 12.0 Å². The van der Waals surface area contributed by atoms with Crippen molar-refractivity contribution in [3.8, 4) is 12.0 Å². The van der Waals surface area contributed by atoms with Crippen LogP contribution in [0.15, 0.2) is 121 Å². The lowest BCUT2D eigenvalue weighted by molar-refractivity contribution is -0.536. The molecule has 4 heterocycles. The number of carbonyl (C=O) groups is 3. The standard InChI is InChI=1S/C54H68N4O9.C32H34N4O2/c1-5-9-13-23-42(59)65-33-53(30-32-64-31-16-12-8-4)55-40-21-17-19-36-26-28-38(49(57-53)45(36)40)47-51(62)48(52(47)63)39-29-27-37-20-18-22-41-46(37)50(39)58-54(56-41,34-66-43(60)24-14-10-6-2)35-67-44(61)25-15-11-7-3;1-5-31(3)33-21-11-7-9-17-13-15-19(27(35-31)23(17)21)25-29(37)26(30(25)38)20-16-14-18-10-8-12-22-24(18)28(20)36-32(4,6-2)34-22/h17-22,26-29,47-48,51-52,55-58H,5-16,23-25,31,33-35H2,1-4H3;7-16,25-26,29-30,33-36H,5-6H2,1-4H3/q2*-2. The lowest BCUT2D eigenvalue weighted by atomic mass is 9.62. The smallest absolute Gasteiger partial charge is 0.305 e. The topological polar surface area (TPSA) is 277 Å². The molecule has 2 saturated carbocycles. The molecule has 8 aromatic carbocycles. The highest BCUT2D eigenvalue weighted by Gasteiger charge is 2.48. The molecule has 2 fully saturated rings. The van der Waals surface area contributed by atoms with Crippen molar-refractivity contribution in [1.82, 2.24) is 0 Å². The van der Waals surface area contributed by atoms with Crippen LogP contribution < -0.4 is 63.0 Å². The zero-order valence-electron chi connectivity index (χ0n) is 62.0. The second-order valence-electron chi connectivity index (χ2n) is 30.2. The molecule has 0 radical (unpaired) electrons. The van der Waals surface area contributed by atoms with Crippen molar-refractivity contribution >= 4 is 106 Å². The normalized spacial score (nSPS) is 24.5. The number of hydrogen-bond donors (Lipinski definition) is 8. The summed E-state index contributed by atoms with van der Waals surface area (Å²) in [6.45, 7) is 16.8. The summed E-state index contributed by atoms with van der Waals surface area (Å²) in [5.74, 6) is -1.000. The SMILES string of the molecule is CCC1(C)Nc2cccc3ccc(C4C([O-])C(c5ccc6cccc7c6c5NC(C)(CC)N7)C4[O-])c(c23)N1.CCCCCOC#CC1(COC(=O)CCCCC)Nc2cccc3ccc(C4C([O-])C(c5ccc6cccc7c6c5NC(COC(=O)CCCCC)(COC(=O)CCCCC)N7)C4[O-])c(c23)N1. The Kier molecular flexibility index (Phi) is 22.2. The molecular formula is C86H102N8O11-4. The average molecular weight is 1420 g/mol. The van der Waals surface area contributed by atoms with Gasteiger partial charge in [-0.1, -0.05) is 190 Å². The van der Waals surface area contributed by atoms with Gasteiger partial charge in [-0.25, -0.2) is 0 Å². The first kappa shape index (κ1) is 74.1. The van der Waals surface area contributed by atoms with Gasteiger partial charge >= 0.3 is 17.9 Å². The summed E-state index contributed by atoms with van der Waals surface area (Å²) in [5.41, 5.74) is 6.02. The van der Waals surface area contributed by atoms with Crippen molar-refractivity contribution in [2.75, 3.05) is 69.0 Å². The summed E-state index contributed by atoms with van der Waals surface area (Å²) >= 11 is 0. The van der Waals surface area contributed by atoms with E-state index in [9.17, 15) is 34.8 Å². The quantitative estimate of drug-likeness (QED) is 0.00979. The van der Waals surface area contributed by atoms with E-state index >= 15 is 0 Å². The maximum Gasteiger partial charge on any atom is 0.305 e. The number of benzene rings is 8. The first-order chi connectivity index (χ1) is 50.8. The maximum atomic E-state index is 15.0. The zero-order chi connectivity index (χ0) is 73.8. The Morgan fingerprint density at radius 3 is 1.09 bits per heavy atom. The molecule has 19 nitrogen and oxygen atoms in total. The predicted octanol–water partition coefficient (Wildman–Crippen LogP) is 14.2. The first-order valence-corrected chi connectivity index (χ1v) is 38.5. The van der Waals surface area contributed by atoms with E-state index in [0.717, 1.165) is 148 Å². The number of carbonyl (C=O) groups excluding carboxylic acids is 3. The number of anilines is 8. The van der Waals surface area contributed by atoms with Gasteiger partial charge in [-0.15, -0.1) is 24.4 Å². The zero-order valence-corrected chi connectivity index (χ0v) is 62.0.